The number of carbonyl (C=O) groups excluding carboxylic acids is 1. The molecular weight excluding hydrogens is 258 g/mol. The SMILES string of the molecule is CC(C)CC(C)CC(=O)NC1(CC(=O)O)CCOCC1. The zero-order valence-corrected chi connectivity index (χ0v) is 12.8. The first-order valence-electron chi connectivity index (χ1n) is 7.43. The number of nitrogens with one attached hydrogen (secondary N) is 1. The van der Waals surface area contributed by atoms with Crippen LogP contribution in [0.25, 0.3) is 0 Å². The highest BCUT2D eigenvalue weighted by atomic mass is 16.5. The van der Waals surface area contributed by atoms with E-state index in [2.05, 4.69) is 26.1 Å². The minimum Gasteiger partial charge on any atom is -0.481 e. The van der Waals surface area contributed by atoms with Crippen LogP contribution in [0.3, 0.4) is 0 Å². The minimum absolute atomic E-state index is 0.0271. The average Bonchev–Trinajstić information content (AvgIpc) is 2.26. The van der Waals surface area contributed by atoms with E-state index < -0.39 is 11.5 Å². The van der Waals surface area contributed by atoms with Gasteiger partial charge in [0, 0.05) is 19.6 Å². The van der Waals surface area contributed by atoms with Crippen LogP contribution in [-0.4, -0.2) is 35.7 Å². The van der Waals surface area contributed by atoms with Crippen molar-refractivity contribution >= 4 is 11.9 Å². The van der Waals surface area contributed by atoms with Gasteiger partial charge in [0.1, 0.15) is 0 Å². The summed E-state index contributed by atoms with van der Waals surface area (Å²) in [5.74, 6) is -0.0330. The van der Waals surface area contributed by atoms with E-state index in [-0.39, 0.29) is 12.3 Å². The van der Waals surface area contributed by atoms with E-state index in [9.17, 15) is 9.59 Å². The van der Waals surface area contributed by atoms with Crippen LogP contribution in [0.4, 0.5) is 0 Å². The van der Waals surface area contributed by atoms with Crippen molar-refractivity contribution in [3.05, 3.63) is 0 Å². The van der Waals surface area contributed by atoms with Gasteiger partial charge in [-0.05, 0) is 31.1 Å². The second-order valence-electron chi connectivity index (χ2n) is 6.45. The molecule has 1 aliphatic heterocycles. The van der Waals surface area contributed by atoms with Gasteiger partial charge in [-0.2, -0.15) is 0 Å². The Hall–Kier alpha value is -1.10. The molecule has 116 valence electrons. The number of rotatable bonds is 7. The molecule has 1 amide bonds. The fraction of sp³-hybridized carbons (Fsp3) is 0.867. The predicted octanol–water partition coefficient (Wildman–Crippen LogP) is 2.20. The molecule has 2 N–H and O–H groups in total. The van der Waals surface area contributed by atoms with Crippen LogP contribution >= 0.6 is 0 Å². The van der Waals surface area contributed by atoms with Gasteiger partial charge in [0.05, 0.1) is 12.0 Å². The lowest BCUT2D eigenvalue weighted by molar-refractivity contribution is -0.140. The first-order valence-corrected chi connectivity index (χ1v) is 7.43. The smallest absolute Gasteiger partial charge is 0.305 e. The van der Waals surface area contributed by atoms with Crippen molar-refractivity contribution in [2.75, 3.05) is 13.2 Å². The molecular formula is C15H27NO4. The second-order valence-corrected chi connectivity index (χ2v) is 6.45. The lowest BCUT2D eigenvalue weighted by atomic mass is 9.86. The van der Waals surface area contributed by atoms with Gasteiger partial charge < -0.3 is 15.2 Å². The van der Waals surface area contributed by atoms with Crippen LogP contribution in [0, 0.1) is 11.8 Å². The van der Waals surface area contributed by atoms with E-state index >= 15 is 0 Å². The van der Waals surface area contributed by atoms with Gasteiger partial charge in [0.2, 0.25) is 5.91 Å². The molecule has 0 bridgehead atoms. The van der Waals surface area contributed by atoms with Gasteiger partial charge in [-0.3, -0.25) is 9.59 Å². The van der Waals surface area contributed by atoms with Crippen LogP contribution in [0.1, 0.15) is 52.9 Å². The van der Waals surface area contributed by atoms with Crippen molar-refractivity contribution < 1.29 is 19.4 Å². The fourth-order valence-electron chi connectivity index (χ4n) is 2.95. The molecule has 0 aromatic rings. The van der Waals surface area contributed by atoms with Crippen LogP contribution < -0.4 is 5.32 Å². The second kappa shape index (κ2) is 7.62. The largest absolute Gasteiger partial charge is 0.481 e. The first kappa shape index (κ1) is 17.0. The van der Waals surface area contributed by atoms with E-state index in [0.717, 1.165) is 6.42 Å². The molecule has 1 aliphatic rings. The Labute approximate surface area is 121 Å². The number of amides is 1. The van der Waals surface area contributed by atoms with E-state index in [1.54, 1.807) is 0 Å². The molecule has 20 heavy (non-hydrogen) atoms. The lowest BCUT2D eigenvalue weighted by Gasteiger charge is -2.37. The molecule has 1 fully saturated rings. The summed E-state index contributed by atoms with van der Waals surface area (Å²) in [5.41, 5.74) is -0.626. The van der Waals surface area contributed by atoms with Gasteiger partial charge in [0.15, 0.2) is 0 Å². The third-order valence-electron chi connectivity index (χ3n) is 3.75. The van der Waals surface area contributed by atoms with Gasteiger partial charge in [-0.25, -0.2) is 0 Å². The van der Waals surface area contributed by atoms with E-state index in [1.807, 2.05) is 0 Å². The van der Waals surface area contributed by atoms with Crippen LogP contribution in [0.15, 0.2) is 0 Å². The van der Waals surface area contributed by atoms with Crippen molar-refractivity contribution in [1.29, 1.82) is 0 Å². The summed E-state index contributed by atoms with van der Waals surface area (Å²) < 4.78 is 5.28. The first-order chi connectivity index (χ1) is 9.33. The molecule has 0 radical (unpaired) electrons. The summed E-state index contributed by atoms with van der Waals surface area (Å²) in [6.07, 6.45) is 2.58. The fourth-order valence-corrected chi connectivity index (χ4v) is 2.95. The molecule has 0 aromatic carbocycles. The average molecular weight is 285 g/mol. The third-order valence-corrected chi connectivity index (χ3v) is 3.75. The molecule has 0 spiro atoms. The summed E-state index contributed by atoms with van der Waals surface area (Å²) in [6.45, 7) is 7.36. The highest BCUT2D eigenvalue weighted by Gasteiger charge is 2.36. The summed E-state index contributed by atoms with van der Waals surface area (Å²) >= 11 is 0. The molecule has 1 heterocycles. The molecule has 1 atom stereocenters. The quantitative estimate of drug-likeness (QED) is 0.752. The molecule has 0 saturated carbocycles. The van der Waals surface area contributed by atoms with Gasteiger partial charge >= 0.3 is 5.97 Å². The maximum absolute atomic E-state index is 12.1. The number of carboxylic acid groups (broad SMARTS) is 1. The van der Waals surface area contributed by atoms with Crippen molar-refractivity contribution in [3.63, 3.8) is 0 Å². The van der Waals surface area contributed by atoms with Crippen LogP contribution in [0.5, 0.6) is 0 Å². The Balaban J connectivity index is 2.56. The Morgan fingerprint density at radius 1 is 1.25 bits per heavy atom. The summed E-state index contributed by atoms with van der Waals surface area (Å²) in [5, 5.41) is 12.0. The zero-order chi connectivity index (χ0) is 15.2. The highest BCUT2D eigenvalue weighted by molar-refractivity contribution is 5.78. The number of hydrogen-bond acceptors (Lipinski definition) is 3. The Morgan fingerprint density at radius 2 is 1.85 bits per heavy atom. The number of aliphatic carboxylic acids is 1. The molecule has 0 aromatic heterocycles. The number of carbonyl (C=O) groups is 2. The van der Waals surface area contributed by atoms with Gasteiger partial charge in [0.25, 0.3) is 0 Å². The minimum atomic E-state index is -0.873. The monoisotopic (exact) mass is 285 g/mol. The Bertz CT molecular complexity index is 335. The maximum atomic E-state index is 12.1. The van der Waals surface area contributed by atoms with Crippen molar-refractivity contribution in [2.45, 2.75) is 58.4 Å². The Kier molecular flexibility index (Phi) is 6.46. The zero-order valence-electron chi connectivity index (χ0n) is 12.8. The third kappa shape index (κ3) is 5.90. The number of ether oxygens (including phenoxy) is 1. The predicted molar refractivity (Wildman–Crippen MR) is 76.4 cm³/mol. The summed E-state index contributed by atoms with van der Waals surface area (Å²) in [6, 6.07) is 0. The van der Waals surface area contributed by atoms with E-state index in [1.165, 1.54) is 0 Å². The van der Waals surface area contributed by atoms with E-state index in [0.29, 0.717) is 44.3 Å². The van der Waals surface area contributed by atoms with Gasteiger partial charge in [-0.1, -0.05) is 20.8 Å². The molecule has 5 heteroatoms. The van der Waals surface area contributed by atoms with Crippen LogP contribution in [-0.2, 0) is 14.3 Å². The molecule has 1 saturated heterocycles. The normalized spacial score (nSPS) is 19.6. The van der Waals surface area contributed by atoms with Crippen molar-refractivity contribution in [1.82, 2.24) is 5.32 Å². The van der Waals surface area contributed by atoms with Crippen LogP contribution in [0.2, 0.25) is 0 Å². The van der Waals surface area contributed by atoms with Crippen molar-refractivity contribution in [3.8, 4) is 0 Å². The standard InChI is InChI=1S/C15H27NO4/c1-11(2)8-12(3)9-13(17)16-15(10-14(18)19)4-6-20-7-5-15/h11-12H,4-10H2,1-3H3,(H,16,17)(H,18,19). The van der Waals surface area contributed by atoms with Crippen molar-refractivity contribution in [2.24, 2.45) is 11.8 Å². The summed E-state index contributed by atoms with van der Waals surface area (Å²) in [4.78, 5) is 23.2. The molecule has 1 rings (SSSR count). The summed E-state index contributed by atoms with van der Waals surface area (Å²) in [7, 11) is 0. The maximum Gasteiger partial charge on any atom is 0.305 e. The van der Waals surface area contributed by atoms with E-state index in [4.69, 9.17) is 9.84 Å². The topological polar surface area (TPSA) is 75.6 Å². The molecule has 5 nitrogen and oxygen atoms in total. The highest BCUT2D eigenvalue weighted by Crippen LogP contribution is 2.25. The molecule has 0 aliphatic carbocycles. The molecule has 1 unspecified atom stereocenters. The Morgan fingerprint density at radius 3 is 2.35 bits per heavy atom. The lowest BCUT2D eigenvalue weighted by Crippen LogP contribution is -2.53. The number of carboxylic acids is 1. The van der Waals surface area contributed by atoms with Gasteiger partial charge in [-0.15, -0.1) is 0 Å². The number of hydrogen-bond donors (Lipinski definition) is 2.